The van der Waals surface area contributed by atoms with E-state index >= 15 is 0 Å². The van der Waals surface area contributed by atoms with Crippen LogP contribution in [0.2, 0.25) is 0 Å². The number of nitrogens with one attached hydrogen (secondary N) is 2. The van der Waals surface area contributed by atoms with Gasteiger partial charge in [-0.2, -0.15) is 4.98 Å². The second-order valence-corrected chi connectivity index (χ2v) is 7.02. The molecule has 1 saturated carbocycles. The molecule has 2 aromatic heterocycles. The van der Waals surface area contributed by atoms with E-state index in [1.54, 1.807) is 31.3 Å². The summed E-state index contributed by atoms with van der Waals surface area (Å²) in [6.45, 7) is 1.65. The predicted molar refractivity (Wildman–Crippen MR) is 105 cm³/mol. The van der Waals surface area contributed by atoms with Crippen molar-refractivity contribution < 1.29 is 9.18 Å². The number of aromatic nitrogens is 4. The highest BCUT2D eigenvalue weighted by Gasteiger charge is 2.25. The summed E-state index contributed by atoms with van der Waals surface area (Å²) in [6, 6.07) is 6.09. The number of para-hydroxylation sites is 1. The zero-order valence-corrected chi connectivity index (χ0v) is 15.5. The Morgan fingerprint density at radius 3 is 2.75 bits per heavy atom. The number of nitrogens with two attached hydrogens (primary N) is 1. The molecule has 4 rings (SSSR count). The Morgan fingerprint density at radius 1 is 1.29 bits per heavy atom. The number of amides is 1. The molecule has 9 heteroatoms. The van der Waals surface area contributed by atoms with Crippen LogP contribution in [0.1, 0.15) is 38.6 Å². The van der Waals surface area contributed by atoms with Gasteiger partial charge in [0.1, 0.15) is 17.4 Å². The standard InChI is InChI=1S/C19H22FN7O/c1-11(16(21)28)23-18-22-10-15-17(26-18)27(12-6-2-3-7-12)19(25-15)24-14-9-5-4-8-13(14)20/h4-5,8-12H,2-3,6-7H2,1H3,(H2,21,28)(H,24,25)(H,22,23,26). The Labute approximate surface area is 161 Å². The Morgan fingerprint density at radius 2 is 2.04 bits per heavy atom. The van der Waals surface area contributed by atoms with Gasteiger partial charge in [-0.25, -0.2) is 14.4 Å². The van der Waals surface area contributed by atoms with Crippen molar-refractivity contribution in [2.45, 2.75) is 44.7 Å². The van der Waals surface area contributed by atoms with Crippen molar-refractivity contribution in [3.05, 3.63) is 36.3 Å². The van der Waals surface area contributed by atoms with Crippen LogP contribution in [0.15, 0.2) is 30.5 Å². The number of carbonyl (C=O) groups excluding carboxylic acids is 1. The van der Waals surface area contributed by atoms with Crippen LogP contribution in [-0.4, -0.2) is 31.5 Å². The lowest BCUT2D eigenvalue weighted by atomic mass is 10.2. The van der Waals surface area contributed by atoms with E-state index in [0.717, 1.165) is 25.7 Å². The molecular formula is C19H22FN7O. The summed E-state index contributed by atoms with van der Waals surface area (Å²) in [6.07, 6.45) is 5.84. The normalized spacial score (nSPS) is 15.6. The Kier molecular flexibility index (Phi) is 4.81. The van der Waals surface area contributed by atoms with Gasteiger partial charge in [0.05, 0.1) is 11.9 Å². The molecule has 28 heavy (non-hydrogen) atoms. The van der Waals surface area contributed by atoms with E-state index in [9.17, 15) is 9.18 Å². The highest BCUT2D eigenvalue weighted by atomic mass is 19.1. The van der Waals surface area contributed by atoms with Gasteiger partial charge in [0.25, 0.3) is 0 Å². The third-order valence-corrected chi connectivity index (χ3v) is 5.02. The average molecular weight is 383 g/mol. The predicted octanol–water partition coefficient (Wildman–Crippen LogP) is 3.11. The molecule has 1 atom stereocenters. The summed E-state index contributed by atoms with van der Waals surface area (Å²) < 4.78 is 16.2. The number of primary amides is 1. The Bertz CT molecular complexity index is 1010. The van der Waals surface area contributed by atoms with Crippen LogP contribution in [-0.2, 0) is 4.79 Å². The van der Waals surface area contributed by atoms with E-state index in [1.165, 1.54) is 6.07 Å². The molecule has 1 amide bonds. The number of fused-ring (bicyclic) bond motifs is 1. The number of anilines is 3. The molecular weight excluding hydrogens is 361 g/mol. The first kappa shape index (κ1) is 18.1. The monoisotopic (exact) mass is 383 g/mol. The molecule has 146 valence electrons. The molecule has 0 spiro atoms. The number of hydrogen-bond donors (Lipinski definition) is 3. The van der Waals surface area contributed by atoms with Gasteiger partial charge in [0.2, 0.25) is 17.8 Å². The lowest BCUT2D eigenvalue weighted by Gasteiger charge is -2.17. The molecule has 0 radical (unpaired) electrons. The second kappa shape index (κ2) is 7.41. The summed E-state index contributed by atoms with van der Waals surface area (Å²) in [5, 5.41) is 6.00. The van der Waals surface area contributed by atoms with Crippen LogP contribution in [0.5, 0.6) is 0 Å². The SMILES string of the molecule is CC(Nc1ncc2nc(Nc3ccccc3F)n(C3CCCC3)c2n1)C(N)=O. The van der Waals surface area contributed by atoms with Gasteiger partial charge in [0, 0.05) is 6.04 Å². The zero-order chi connectivity index (χ0) is 19.7. The molecule has 0 aliphatic heterocycles. The largest absolute Gasteiger partial charge is 0.368 e. The first-order valence-electron chi connectivity index (χ1n) is 9.35. The van der Waals surface area contributed by atoms with E-state index in [1.807, 2.05) is 4.57 Å². The fraction of sp³-hybridized carbons (Fsp3) is 0.368. The van der Waals surface area contributed by atoms with E-state index in [-0.39, 0.29) is 11.9 Å². The minimum atomic E-state index is -0.601. The fourth-order valence-corrected chi connectivity index (χ4v) is 3.50. The van der Waals surface area contributed by atoms with Crippen LogP contribution >= 0.6 is 0 Å². The summed E-state index contributed by atoms with van der Waals surface area (Å²) in [7, 11) is 0. The molecule has 1 fully saturated rings. The Balaban J connectivity index is 1.77. The van der Waals surface area contributed by atoms with E-state index in [4.69, 9.17) is 5.73 Å². The van der Waals surface area contributed by atoms with Crippen LogP contribution in [0.4, 0.5) is 22.0 Å². The number of rotatable bonds is 6. The number of halogens is 1. The van der Waals surface area contributed by atoms with Crippen LogP contribution < -0.4 is 16.4 Å². The number of benzene rings is 1. The maximum absolute atomic E-state index is 14.1. The first-order chi connectivity index (χ1) is 13.5. The van der Waals surface area contributed by atoms with Crippen molar-refractivity contribution in [2.75, 3.05) is 10.6 Å². The van der Waals surface area contributed by atoms with Crippen molar-refractivity contribution in [1.82, 2.24) is 19.5 Å². The quantitative estimate of drug-likeness (QED) is 0.603. The van der Waals surface area contributed by atoms with Gasteiger partial charge in [-0.3, -0.25) is 9.36 Å². The van der Waals surface area contributed by atoms with Crippen molar-refractivity contribution >= 4 is 34.7 Å². The number of imidazole rings is 1. The van der Waals surface area contributed by atoms with E-state index < -0.39 is 11.9 Å². The summed E-state index contributed by atoms with van der Waals surface area (Å²) >= 11 is 0. The van der Waals surface area contributed by atoms with Crippen molar-refractivity contribution in [3.8, 4) is 0 Å². The molecule has 8 nitrogen and oxygen atoms in total. The highest BCUT2D eigenvalue weighted by molar-refractivity contribution is 5.82. The summed E-state index contributed by atoms with van der Waals surface area (Å²) in [5.74, 6) is -0.0112. The molecule has 3 aromatic rings. The van der Waals surface area contributed by atoms with Crippen molar-refractivity contribution in [3.63, 3.8) is 0 Å². The lowest BCUT2D eigenvalue weighted by Crippen LogP contribution is -2.33. The summed E-state index contributed by atoms with van der Waals surface area (Å²) in [5.41, 5.74) is 6.90. The average Bonchev–Trinajstić information content (AvgIpc) is 3.30. The maximum Gasteiger partial charge on any atom is 0.239 e. The molecule has 4 N–H and O–H groups in total. The van der Waals surface area contributed by atoms with Crippen molar-refractivity contribution in [2.24, 2.45) is 5.73 Å². The topological polar surface area (TPSA) is 111 Å². The minimum Gasteiger partial charge on any atom is -0.368 e. The van der Waals surface area contributed by atoms with Gasteiger partial charge in [-0.15, -0.1) is 0 Å². The third-order valence-electron chi connectivity index (χ3n) is 5.02. The third kappa shape index (κ3) is 3.47. The molecule has 2 heterocycles. The van der Waals surface area contributed by atoms with Crippen LogP contribution in [0.25, 0.3) is 11.2 Å². The molecule has 1 aromatic carbocycles. The smallest absolute Gasteiger partial charge is 0.239 e. The van der Waals surface area contributed by atoms with Crippen LogP contribution in [0.3, 0.4) is 0 Å². The maximum atomic E-state index is 14.1. The highest BCUT2D eigenvalue weighted by Crippen LogP contribution is 2.36. The number of carbonyl (C=O) groups is 1. The fourth-order valence-electron chi connectivity index (χ4n) is 3.50. The van der Waals surface area contributed by atoms with E-state index in [0.29, 0.717) is 28.7 Å². The lowest BCUT2D eigenvalue weighted by molar-refractivity contribution is -0.118. The van der Waals surface area contributed by atoms with Gasteiger partial charge in [0.15, 0.2) is 5.65 Å². The molecule has 0 bridgehead atoms. The number of nitrogens with zero attached hydrogens (tertiary/aromatic N) is 4. The van der Waals surface area contributed by atoms with Gasteiger partial charge in [-0.05, 0) is 31.9 Å². The van der Waals surface area contributed by atoms with Crippen molar-refractivity contribution in [1.29, 1.82) is 0 Å². The second-order valence-electron chi connectivity index (χ2n) is 7.02. The van der Waals surface area contributed by atoms with Crippen LogP contribution in [0, 0.1) is 5.82 Å². The molecule has 1 unspecified atom stereocenters. The number of hydrogen-bond acceptors (Lipinski definition) is 6. The van der Waals surface area contributed by atoms with Gasteiger partial charge < -0.3 is 16.4 Å². The minimum absolute atomic E-state index is 0.218. The molecule has 0 saturated heterocycles. The zero-order valence-electron chi connectivity index (χ0n) is 15.5. The van der Waals surface area contributed by atoms with E-state index in [2.05, 4.69) is 25.6 Å². The molecule has 1 aliphatic rings. The summed E-state index contributed by atoms with van der Waals surface area (Å²) in [4.78, 5) is 24.7. The van der Waals surface area contributed by atoms with Gasteiger partial charge >= 0.3 is 0 Å². The van der Waals surface area contributed by atoms with Gasteiger partial charge in [-0.1, -0.05) is 25.0 Å². The first-order valence-corrected chi connectivity index (χ1v) is 9.35. The molecule has 1 aliphatic carbocycles. The Hall–Kier alpha value is -3.23.